The minimum atomic E-state index is 1.04. The van der Waals surface area contributed by atoms with Gasteiger partial charge in [0.25, 0.3) is 0 Å². The molecule has 0 N–H and O–H groups in total. The zero-order valence-electron chi connectivity index (χ0n) is 27.9. The lowest BCUT2D eigenvalue weighted by Gasteiger charge is -2.28. The molecule has 3 heteroatoms. The molecule has 1 aliphatic carbocycles. The van der Waals surface area contributed by atoms with Crippen molar-refractivity contribution < 1.29 is 0 Å². The van der Waals surface area contributed by atoms with Gasteiger partial charge in [-0.15, -0.1) is 11.3 Å². The molecule has 51 heavy (non-hydrogen) atoms. The molecule has 0 fully saturated rings. The first-order chi connectivity index (χ1) is 25.3. The maximum atomic E-state index is 2.53. The number of benzene rings is 8. The standard InChI is InChI=1S/C48H32N2S/c1-2-13-33(14-3-1)49-42-19-8-6-17-39(42)48-43(49)21-11-22-44(48)50(34-27-29-46-40(30-34)37-16-7-9-23-45(37)51-46)41-20-10-18-38-36(41)28-26-32-25-24-31-12-4-5-15-35(31)47(32)38/h1-5,7,9-30H,6,8H2. The summed E-state index contributed by atoms with van der Waals surface area (Å²) in [6.45, 7) is 0. The number of fused-ring (bicyclic) bond motifs is 11. The van der Waals surface area contributed by atoms with Crippen molar-refractivity contribution in [3.63, 3.8) is 0 Å². The molecular formula is C48H32N2S. The third-order valence-corrected chi connectivity index (χ3v) is 11.9. The summed E-state index contributed by atoms with van der Waals surface area (Å²) < 4.78 is 5.09. The van der Waals surface area contributed by atoms with Gasteiger partial charge in [-0.05, 0) is 94.4 Å². The van der Waals surface area contributed by atoms with E-state index in [1.807, 2.05) is 11.3 Å². The van der Waals surface area contributed by atoms with Gasteiger partial charge in [0.2, 0.25) is 0 Å². The van der Waals surface area contributed by atoms with Gasteiger partial charge < -0.3 is 9.47 Å². The fraction of sp³-hybridized carbons (Fsp3) is 0.0417. The van der Waals surface area contributed by atoms with Gasteiger partial charge in [0.15, 0.2) is 0 Å². The summed E-state index contributed by atoms with van der Waals surface area (Å²) in [5.41, 5.74) is 5.93. The van der Waals surface area contributed by atoms with Gasteiger partial charge in [0, 0.05) is 52.9 Å². The predicted molar refractivity (Wildman–Crippen MR) is 221 cm³/mol. The van der Waals surface area contributed by atoms with Crippen molar-refractivity contribution in [1.29, 1.82) is 0 Å². The summed E-state index contributed by atoms with van der Waals surface area (Å²) in [5.74, 6) is 0. The molecule has 11 rings (SSSR count). The fourth-order valence-corrected chi connectivity index (χ4v) is 9.66. The molecule has 0 radical (unpaired) electrons. The summed E-state index contributed by atoms with van der Waals surface area (Å²) in [7, 11) is 0. The number of hydrogen-bond acceptors (Lipinski definition) is 2. The Labute approximate surface area is 299 Å². The number of nitrogens with zero attached hydrogens (tertiary/aromatic N) is 2. The number of para-hydroxylation sites is 1. The molecule has 0 amide bonds. The molecule has 10 aromatic rings. The zero-order valence-corrected chi connectivity index (χ0v) is 28.7. The first-order valence-electron chi connectivity index (χ1n) is 17.8. The minimum absolute atomic E-state index is 1.04. The lowest BCUT2D eigenvalue weighted by Crippen LogP contribution is -2.30. The van der Waals surface area contributed by atoms with Gasteiger partial charge in [0.1, 0.15) is 0 Å². The van der Waals surface area contributed by atoms with E-state index in [-0.39, 0.29) is 0 Å². The van der Waals surface area contributed by atoms with Crippen molar-refractivity contribution >= 4 is 104 Å². The van der Waals surface area contributed by atoms with E-state index in [4.69, 9.17) is 0 Å². The van der Waals surface area contributed by atoms with Gasteiger partial charge in [-0.1, -0.05) is 115 Å². The average molecular weight is 669 g/mol. The Hall–Kier alpha value is -6.16. The van der Waals surface area contributed by atoms with Crippen LogP contribution in [0.3, 0.4) is 0 Å². The molecule has 0 unspecified atom stereocenters. The Morgan fingerprint density at radius 2 is 1.20 bits per heavy atom. The Bertz CT molecular complexity index is 3150. The van der Waals surface area contributed by atoms with Crippen LogP contribution < -0.4 is 15.5 Å². The number of thiophene rings is 1. The predicted octanol–water partition coefficient (Wildman–Crippen LogP) is 12.3. The van der Waals surface area contributed by atoms with Crippen molar-refractivity contribution in [1.82, 2.24) is 4.57 Å². The van der Waals surface area contributed by atoms with Crippen LogP contribution in [-0.4, -0.2) is 4.57 Å². The van der Waals surface area contributed by atoms with Gasteiger partial charge in [0.05, 0.1) is 16.9 Å². The Kier molecular flexibility index (Phi) is 6.28. The van der Waals surface area contributed by atoms with E-state index < -0.39 is 0 Å². The highest BCUT2D eigenvalue weighted by atomic mass is 32.1. The van der Waals surface area contributed by atoms with E-state index in [1.54, 1.807) is 0 Å². The largest absolute Gasteiger partial charge is 0.310 e. The quantitative estimate of drug-likeness (QED) is 0.169. The van der Waals surface area contributed by atoms with E-state index in [0.717, 1.165) is 18.5 Å². The Morgan fingerprint density at radius 1 is 0.471 bits per heavy atom. The second kappa shape index (κ2) is 11.2. The van der Waals surface area contributed by atoms with Gasteiger partial charge in [-0.3, -0.25) is 0 Å². The minimum Gasteiger partial charge on any atom is -0.310 e. The molecule has 0 saturated carbocycles. The Balaban J connectivity index is 1.27. The van der Waals surface area contributed by atoms with Crippen LogP contribution in [0.2, 0.25) is 0 Å². The molecule has 0 spiro atoms. The summed E-state index contributed by atoms with van der Waals surface area (Å²) in [6, 6.07) is 58.3. The summed E-state index contributed by atoms with van der Waals surface area (Å²) >= 11 is 1.87. The molecule has 1 aliphatic rings. The molecule has 0 atom stereocenters. The van der Waals surface area contributed by atoms with E-state index in [2.05, 4.69) is 179 Å². The summed E-state index contributed by atoms with van der Waals surface area (Å²) in [6.07, 6.45) is 6.96. The molecular weight excluding hydrogens is 637 g/mol. The van der Waals surface area contributed by atoms with Crippen LogP contribution in [0, 0.1) is 0 Å². The monoisotopic (exact) mass is 668 g/mol. The third-order valence-electron chi connectivity index (χ3n) is 10.8. The van der Waals surface area contributed by atoms with Crippen molar-refractivity contribution in [3.8, 4) is 5.69 Å². The highest BCUT2D eigenvalue weighted by Gasteiger charge is 2.23. The van der Waals surface area contributed by atoms with Gasteiger partial charge >= 0.3 is 0 Å². The van der Waals surface area contributed by atoms with Crippen LogP contribution in [0.25, 0.3) is 81.2 Å². The number of aromatic nitrogens is 1. The Morgan fingerprint density at radius 3 is 2.14 bits per heavy atom. The van der Waals surface area contributed by atoms with E-state index >= 15 is 0 Å². The first kappa shape index (κ1) is 28.7. The zero-order chi connectivity index (χ0) is 33.5. The second-order valence-corrected chi connectivity index (χ2v) is 14.6. The highest BCUT2D eigenvalue weighted by molar-refractivity contribution is 7.25. The molecule has 0 saturated heterocycles. The number of hydrogen-bond donors (Lipinski definition) is 0. The first-order valence-corrected chi connectivity index (χ1v) is 18.6. The number of rotatable bonds is 4. The van der Waals surface area contributed by atoms with E-state index in [0.29, 0.717) is 0 Å². The van der Waals surface area contributed by atoms with Gasteiger partial charge in [-0.25, -0.2) is 0 Å². The molecule has 2 nitrogen and oxygen atoms in total. The second-order valence-electron chi connectivity index (χ2n) is 13.6. The molecule has 0 aliphatic heterocycles. The maximum Gasteiger partial charge on any atom is 0.0562 e. The number of anilines is 3. The van der Waals surface area contributed by atoms with Crippen LogP contribution in [0.1, 0.15) is 12.8 Å². The topological polar surface area (TPSA) is 8.17 Å². The molecule has 240 valence electrons. The summed E-state index contributed by atoms with van der Waals surface area (Å²) in [4.78, 5) is 2.53. The van der Waals surface area contributed by atoms with Gasteiger partial charge in [-0.2, -0.15) is 0 Å². The lowest BCUT2D eigenvalue weighted by molar-refractivity contribution is 1.02. The molecule has 8 aromatic carbocycles. The SMILES string of the molecule is C1=c2c(n(-c3ccccc3)c3cccc(N(c4ccc5sc6ccccc6c5c4)c4cccc5c4ccc4ccc6ccccc6c45)c23)=CCC1. The molecule has 2 heterocycles. The smallest absolute Gasteiger partial charge is 0.0562 e. The van der Waals surface area contributed by atoms with Crippen molar-refractivity contribution in [3.05, 3.63) is 168 Å². The average Bonchev–Trinajstić information content (AvgIpc) is 3.74. The fourth-order valence-electron chi connectivity index (χ4n) is 8.57. The lowest BCUT2D eigenvalue weighted by atomic mass is 9.95. The molecule has 2 aromatic heterocycles. The van der Waals surface area contributed by atoms with Crippen molar-refractivity contribution in [2.24, 2.45) is 0 Å². The van der Waals surface area contributed by atoms with Crippen LogP contribution in [0.15, 0.2) is 158 Å². The third kappa shape index (κ3) is 4.28. The van der Waals surface area contributed by atoms with Crippen molar-refractivity contribution in [2.45, 2.75) is 12.8 Å². The van der Waals surface area contributed by atoms with E-state index in [9.17, 15) is 0 Å². The highest BCUT2D eigenvalue weighted by Crippen LogP contribution is 2.45. The van der Waals surface area contributed by atoms with Crippen molar-refractivity contribution in [2.75, 3.05) is 4.90 Å². The van der Waals surface area contributed by atoms with Crippen LogP contribution >= 0.6 is 11.3 Å². The van der Waals surface area contributed by atoms with Crippen LogP contribution in [0.5, 0.6) is 0 Å². The summed E-state index contributed by atoms with van der Waals surface area (Å²) in [5, 5.41) is 14.1. The molecule has 0 bridgehead atoms. The normalized spacial score (nSPS) is 12.9. The van der Waals surface area contributed by atoms with Crippen LogP contribution in [0.4, 0.5) is 17.1 Å². The van der Waals surface area contributed by atoms with E-state index in [1.165, 1.54) is 91.0 Å². The van der Waals surface area contributed by atoms with Crippen LogP contribution in [-0.2, 0) is 0 Å². The maximum absolute atomic E-state index is 2.53.